The van der Waals surface area contributed by atoms with Crippen LogP contribution in [0.2, 0.25) is 0 Å². The number of para-hydroxylation sites is 1. The van der Waals surface area contributed by atoms with Crippen LogP contribution in [0.3, 0.4) is 0 Å². The monoisotopic (exact) mass is 286 g/mol. The van der Waals surface area contributed by atoms with Gasteiger partial charge in [-0.3, -0.25) is 10.0 Å². The highest BCUT2D eigenvalue weighted by Gasteiger charge is 1.97. The molecule has 0 aliphatic rings. The molecule has 0 unspecified atom stereocenters. The van der Waals surface area contributed by atoms with E-state index in [1.54, 1.807) is 11.6 Å². The minimum atomic E-state index is -0.550. The summed E-state index contributed by atoms with van der Waals surface area (Å²) in [6.07, 6.45) is 2.91. The van der Waals surface area contributed by atoms with Crippen molar-refractivity contribution in [2.45, 2.75) is 4.90 Å². The maximum absolute atomic E-state index is 10.9. The topological polar surface area (TPSA) is 61.4 Å². The highest BCUT2D eigenvalue weighted by molar-refractivity contribution is 8.00. The molecule has 0 aromatic heterocycles. The number of carbonyl (C=O) groups excluding carboxylic acids is 1. The van der Waals surface area contributed by atoms with Crippen molar-refractivity contribution in [2.24, 2.45) is 0 Å². The normalized spacial score (nSPS) is 10.4. The Balaban J connectivity index is 1.99. The first-order valence-corrected chi connectivity index (χ1v) is 6.80. The summed E-state index contributed by atoms with van der Waals surface area (Å²) in [5.41, 5.74) is 3.46. The molecule has 2 aromatic rings. The Hall–Kier alpha value is -2.24. The molecule has 0 saturated carbocycles. The average molecular weight is 286 g/mol. The van der Waals surface area contributed by atoms with E-state index in [9.17, 15) is 4.79 Å². The predicted octanol–water partition coefficient (Wildman–Crippen LogP) is 3.32. The fraction of sp³-hybridized carbons (Fsp3) is 0. The summed E-state index contributed by atoms with van der Waals surface area (Å²) >= 11 is 1.49. The van der Waals surface area contributed by atoms with E-state index in [-0.39, 0.29) is 0 Å². The lowest BCUT2D eigenvalue weighted by Gasteiger charge is -2.05. The first-order valence-electron chi connectivity index (χ1n) is 5.98. The molecule has 0 radical (unpaired) electrons. The third-order valence-corrected chi connectivity index (χ3v) is 3.28. The van der Waals surface area contributed by atoms with Gasteiger partial charge < -0.3 is 4.72 Å². The maximum atomic E-state index is 10.9. The molecule has 1 amide bonds. The molecule has 0 aliphatic carbocycles. The van der Waals surface area contributed by atoms with Crippen molar-refractivity contribution in [2.75, 3.05) is 4.72 Å². The van der Waals surface area contributed by atoms with Gasteiger partial charge in [0, 0.05) is 16.7 Å². The number of hydroxylamine groups is 1. The molecule has 2 aromatic carbocycles. The van der Waals surface area contributed by atoms with Crippen LogP contribution in [0, 0.1) is 0 Å². The van der Waals surface area contributed by atoms with Gasteiger partial charge in [-0.05, 0) is 47.9 Å². The highest BCUT2D eigenvalue weighted by Crippen LogP contribution is 2.22. The second-order valence-electron chi connectivity index (χ2n) is 3.95. The summed E-state index contributed by atoms with van der Waals surface area (Å²) in [5, 5.41) is 8.41. The summed E-state index contributed by atoms with van der Waals surface area (Å²) < 4.78 is 3.24. The van der Waals surface area contributed by atoms with Gasteiger partial charge in [0.15, 0.2) is 0 Å². The zero-order chi connectivity index (χ0) is 14.2. The standard InChI is InChI=1S/C15H14N2O2S/c18-15(16-19)10-9-12-5-4-8-14(11-12)20-17-13-6-2-1-3-7-13/h1-11,17,19H,(H,16,18)/b10-9+. The van der Waals surface area contributed by atoms with Gasteiger partial charge in [-0.25, -0.2) is 5.48 Å². The number of benzene rings is 2. The summed E-state index contributed by atoms with van der Waals surface area (Å²) in [7, 11) is 0. The summed E-state index contributed by atoms with van der Waals surface area (Å²) in [4.78, 5) is 11.9. The molecule has 5 heteroatoms. The van der Waals surface area contributed by atoms with Crippen molar-refractivity contribution in [3.63, 3.8) is 0 Å². The molecule has 0 heterocycles. The van der Waals surface area contributed by atoms with Gasteiger partial charge in [-0.2, -0.15) is 0 Å². The predicted molar refractivity (Wildman–Crippen MR) is 81.3 cm³/mol. The van der Waals surface area contributed by atoms with Crippen molar-refractivity contribution >= 4 is 29.6 Å². The van der Waals surface area contributed by atoms with E-state index in [1.165, 1.54) is 18.0 Å². The SMILES string of the molecule is O=C(/C=C/c1cccc(SNc2ccccc2)c1)NO. The van der Waals surface area contributed by atoms with Crippen LogP contribution in [0.5, 0.6) is 0 Å². The number of carbonyl (C=O) groups is 1. The van der Waals surface area contributed by atoms with Gasteiger partial charge in [0.05, 0.1) is 0 Å². The van der Waals surface area contributed by atoms with Crippen molar-refractivity contribution in [1.82, 2.24) is 5.48 Å². The summed E-state index contributed by atoms with van der Waals surface area (Å²) in [5.74, 6) is -0.550. The van der Waals surface area contributed by atoms with E-state index in [2.05, 4.69) is 4.72 Å². The molecule has 0 bridgehead atoms. The van der Waals surface area contributed by atoms with E-state index in [0.29, 0.717) is 0 Å². The van der Waals surface area contributed by atoms with E-state index < -0.39 is 5.91 Å². The van der Waals surface area contributed by atoms with Gasteiger partial charge in [0.2, 0.25) is 0 Å². The van der Waals surface area contributed by atoms with E-state index >= 15 is 0 Å². The van der Waals surface area contributed by atoms with E-state index in [1.807, 2.05) is 54.6 Å². The zero-order valence-electron chi connectivity index (χ0n) is 10.6. The van der Waals surface area contributed by atoms with Crippen LogP contribution in [-0.4, -0.2) is 11.1 Å². The first kappa shape index (κ1) is 14.2. The Kier molecular flexibility index (Phi) is 5.23. The van der Waals surface area contributed by atoms with Gasteiger partial charge in [-0.15, -0.1) is 0 Å². The fourth-order valence-corrected chi connectivity index (χ4v) is 2.23. The molecule has 4 nitrogen and oxygen atoms in total. The number of anilines is 1. The van der Waals surface area contributed by atoms with Crippen LogP contribution in [0.25, 0.3) is 6.08 Å². The van der Waals surface area contributed by atoms with Gasteiger partial charge in [0.25, 0.3) is 5.91 Å². The average Bonchev–Trinajstić information content (AvgIpc) is 2.52. The quantitative estimate of drug-likeness (QED) is 0.341. The van der Waals surface area contributed by atoms with Crippen molar-refractivity contribution in [1.29, 1.82) is 0 Å². The number of hydrogen-bond donors (Lipinski definition) is 3. The Labute approximate surface area is 121 Å². The number of nitrogens with one attached hydrogen (secondary N) is 2. The lowest BCUT2D eigenvalue weighted by atomic mass is 10.2. The Morgan fingerprint density at radius 3 is 2.65 bits per heavy atom. The minimum Gasteiger partial charge on any atom is -0.326 e. The number of hydrogen-bond acceptors (Lipinski definition) is 4. The van der Waals surface area contributed by atoms with Crippen molar-refractivity contribution < 1.29 is 10.0 Å². The second-order valence-corrected chi connectivity index (χ2v) is 4.83. The molecular formula is C15H14N2O2S. The molecule has 0 saturated heterocycles. The Bertz CT molecular complexity index is 600. The Morgan fingerprint density at radius 1 is 1.10 bits per heavy atom. The smallest absolute Gasteiger partial charge is 0.267 e. The fourth-order valence-electron chi connectivity index (χ4n) is 1.51. The molecule has 20 heavy (non-hydrogen) atoms. The number of rotatable bonds is 5. The van der Waals surface area contributed by atoms with Gasteiger partial charge in [-0.1, -0.05) is 30.3 Å². The summed E-state index contributed by atoms with van der Waals surface area (Å²) in [6, 6.07) is 17.6. The van der Waals surface area contributed by atoms with Crippen LogP contribution in [0.1, 0.15) is 5.56 Å². The zero-order valence-corrected chi connectivity index (χ0v) is 11.4. The number of amides is 1. The lowest BCUT2D eigenvalue weighted by Crippen LogP contribution is -2.14. The van der Waals surface area contributed by atoms with Crippen LogP contribution in [-0.2, 0) is 4.79 Å². The first-order chi connectivity index (χ1) is 9.78. The molecule has 0 atom stereocenters. The second kappa shape index (κ2) is 7.37. The molecule has 0 fully saturated rings. The van der Waals surface area contributed by atoms with Crippen LogP contribution < -0.4 is 10.2 Å². The van der Waals surface area contributed by atoms with Crippen LogP contribution in [0.15, 0.2) is 65.6 Å². The van der Waals surface area contributed by atoms with E-state index in [0.717, 1.165) is 16.1 Å². The molecular weight excluding hydrogens is 272 g/mol. The Morgan fingerprint density at radius 2 is 1.90 bits per heavy atom. The molecule has 0 spiro atoms. The van der Waals surface area contributed by atoms with Crippen LogP contribution in [0.4, 0.5) is 5.69 Å². The van der Waals surface area contributed by atoms with Crippen LogP contribution >= 0.6 is 11.9 Å². The molecule has 102 valence electrons. The van der Waals surface area contributed by atoms with E-state index in [4.69, 9.17) is 5.21 Å². The molecule has 0 aliphatic heterocycles. The van der Waals surface area contributed by atoms with Gasteiger partial charge >= 0.3 is 0 Å². The third-order valence-electron chi connectivity index (χ3n) is 2.46. The largest absolute Gasteiger partial charge is 0.326 e. The summed E-state index contributed by atoms with van der Waals surface area (Å²) in [6.45, 7) is 0. The highest BCUT2D eigenvalue weighted by atomic mass is 32.2. The molecule has 2 rings (SSSR count). The van der Waals surface area contributed by atoms with Crippen molar-refractivity contribution in [3.8, 4) is 0 Å². The lowest BCUT2D eigenvalue weighted by molar-refractivity contribution is -0.124. The van der Waals surface area contributed by atoms with Crippen molar-refractivity contribution in [3.05, 3.63) is 66.2 Å². The maximum Gasteiger partial charge on any atom is 0.267 e. The molecule has 3 N–H and O–H groups in total. The minimum absolute atomic E-state index is 0.550. The van der Waals surface area contributed by atoms with Gasteiger partial charge in [0.1, 0.15) is 0 Å². The third kappa shape index (κ3) is 4.46.